The van der Waals surface area contributed by atoms with Gasteiger partial charge in [0, 0.05) is 19.4 Å². The first kappa shape index (κ1) is 26.7. The molecular weight excluding hydrogens is 479 g/mol. The summed E-state index contributed by atoms with van der Waals surface area (Å²) < 4.78 is 46.5. The van der Waals surface area contributed by atoms with E-state index in [1.54, 1.807) is 37.3 Å². The number of ether oxygens (including phenoxy) is 1. The zero-order valence-corrected chi connectivity index (χ0v) is 19.7. The average molecular weight is 505 g/mol. The summed E-state index contributed by atoms with van der Waals surface area (Å²) in [6.45, 7) is 1.82. The molecule has 1 aliphatic rings. The number of rotatable bonds is 9. The lowest BCUT2D eigenvalue weighted by Crippen LogP contribution is -2.54. The Hall–Kier alpha value is -3.89. The van der Waals surface area contributed by atoms with E-state index < -0.39 is 53.0 Å². The number of halogens is 3. The van der Waals surface area contributed by atoms with Crippen LogP contribution >= 0.6 is 0 Å². The minimum atomic E-state index is -4.82. The quantitative estimate of drug-likeness (QED) is 0.510. The number of para-hydroxylation sites is 1. The Morgan fingerprint density at radius 1 is 1.11 bits per heavy atom. The highest BCUT2D eigenvalue weighted by molar-refractivity contribution is 6.38. The van der Waals surface area contributed by atoms with Gasteiger partial charge in [-0.05, 0) is 31.0 Å². The largest absolute Gasteiger partial charge is 0.495 e. The number of anilines is 1. The molecule has 0 saturated carbocycles. The van der Waals surface area contributed by atoms with Gasteiger partial charge in [-0.2, -0.15) is 13.2 Å². The monoisotopic (exact) mass is 505 g/mol. The van der Waals surface area contributed by atoms with Crippen molar-refractivity contribution in [3.63, 3.8) is 0 Å². The first-order chi connectivity index (χ1) is 17.1. The number of nitrogens with zero attached hydrogens (tertiary/aromatic N) is 1. The second-order valence-corrected chi connectivity index (χ2v) is 8.15. The lowest BCUT2D eigenvalue weighted by Gasteiger charge is -2.29. The minimum absolute atomic E-state index is 0.0221. The van der Waals surface area contributed by atoms with Crippen LogP contribution in [0.25, 0.3) is 0 Å². The third-order valence-electron chi connectivity index (χ3n) is 5.76. The van der Waals surface area contributed by atoms with Crippen molar-refractivity contribution in [2.75, 3.05) is 18.6 Å². The standard InChI is InChI=1S/C25H26F3N3O5/c1-3-29-24(35)22(33)17(14-15-8-5-4-6-9-15)30-23(34)18-12-13-20(32)31(18)21-16(25(26,27)28)10-7-11-19(21)36-2/h4-11,17-18H,3,12-14H2,1-2H3,(H,29,35)(H,30,34). The Morgan fingerprint density at radius 3 is 2.42 bits per heavy atom. The predicted molar refractivity (Wildman–Crippen MR) is 124 cm³/mol. The van der Waals surface area contributed by atoms with Gasteiger partial charge in [0.1, 0.15) is 17.8 Å². The van der Waals surface area contributed by atoms with Crippen molar-refractivity contribution in [3.8, 4) is 5.75 Å². The molecule has 192 valence electrons. The third kappa shape index (κ3) is 5.84. The molecule has 2 aromatic rings. The molecule has 0 aliphatic carbocycles. The maximum Gasteiger partial charge on any atom is 0.418 e. The number of carbonyl (C=O) groups excluding carboxylic acids is 4. The Kier molecular flexibility index (Phi) is 8.33. The van der Waals surface area contributed by atoms with Crippen molar-refractivity contribution in [1.29, 1.82) is 0 Å². The van der Waals surface area contributed by atoms with E-state index in [1.165, 1.54) is 6.07 Å². The van der Waals surface area contributed by atoms with Gasteiger partial charge < -0.3 is 15.4 Å². The van der Waals surface area contributed by atoms with Crippen molar-refractivity contribution in [2.24, 2.45) is 0 Å². The van der Waals surface area contributed by atoms with Crippen LogP contribution in [0.3, 0.4) is 0 Å². The van der Waals surface area contributed by atoms with Gasteiger partial charge in [0.05, 0.1) is 18.4 Å². The number of alkyl halides is 3. The predicted octanol–water partition coefficient (Wildman–Crippen LogP) is 2.64. The molecule has 0 bridgehead atoms. The lowest BCUT2D eigenvalue weighted by atomic mass is 10.0. The van der Waals surface area contributed by atoms with Crippen LogP contribution in [0.4, 0.5) is 18.9 Å². The Labute approximate surface area is 205 Å². The second-order valence-electron chi connectivity index (χ2n) is 8.15. The highest BCUT2D eigenvalue weighted by atomic mass is 19.4. The number of hydrogen-bond donors (Lipinski definition) is 2. The van der Waals surface area contributed by atoms with E-state index in [1.807, 2.05) is 0 Å². The lowest BCUT2D eigenvalue weighted by molar-refractivity contribution is -0.140. The molecule has 11 heteroatoms. The van der Waals surface area contributed by atoms with Crippen LogP contribution in [0.1, 0.15) is 30.9 Å². The molecule has 2 unspecified atom stereocenters. The van der Waals surface area contributed by atoms with Gasteiger partial charge in [-0.15, -0.1) is 0 Å². The highest BCUT2D eigenvalue weighted by Gasteiger charge is 2.45. The van der Waals surface area contributed by atoms with Crippen molar-refractivity contribution in [1.82, 2.24) is 10.6 Å². The molecule has 0 spiro atoms. The molecule has 36 heavy (non-hydrogen) atoms. The van der Waals surface area contributed by atoms with Crippen LogP contribution in [-0.4, -0.2) is 49.2 Å². The van der Waals surface area contributed by atoms with Gasteiger partial charge in [-0.25, -0.2) is 0 Å². The number of amides is 3. The van der Waals surface area contributed by atoms with Crippen LogP contribution in [0.5, 0.6) is 5.75 Å². The van der Waals surface area contributed by atoms with E-state index in [-0.39, 0.29) is 31.6 Å². The molecule has 2 N–H and O–H groups in total. The van der Waals surface area contributed by atoms with Crippen LogP contribution in [0, 0.1) is 0 Å². The van der Waals surface area contributed by atoms with E-state index >= 15 is 0 Å². The average Bonchev–Trinajstić information content (AvgIpc) is 3.23. The van der Waals surface area contributed by atoms with Crippen molar-refractivity contribution >= 4 is 29.2 Å². The zero-order chi connectivity index (χ0) is 26.5. The molecule has 1 saturated heterocycles. The smallest absolute Gasteiger partial charge is 0.418 e. The summed E-state index contributed by atoms with van der Waals surface area (Å²) in [6, 6.07) is 9.21. The Bertz CT molecular complexity index is 1140. The van der Waals surface area contributed by atoms with Gasteiger partial charge >= 0.3 is 6.18 Å². The summed E-state index contributed by atoms with van der Waals surface area (Å²) in [5.74, 6) is -3.57. The third-order valence-corrected chi connectivity index (χ3v) is 5.76. The van der Waals surface area contributed by atoms with E-state index in [4.69, 9.17) is 4.74 Å². The van der Waals surface area contributed by atoms with E-state index in [9.17, 15) is 32.3 Å². The number of benzene rings is 2. The number of Topliss-reactive ketones (excluding diaryl/α,β-unsaturated/α-hetero) is 1. The van der Waals surface area contributed by atoms with Crippen molar-refractivity contribution in [3.05, 3.63) is 59.7 Å². The highest BCUT2D eigenvalue weighted by Crippen LogP contribution is 2.44. The van der Waals surface area contributed by atoms with Gasteiger partial charge in [0.2, 0.25) is 17.6 Å². The molecule has 1 fully saturated rings. The first-order valence-corrected chi connectivity index (χ1v) is 11.3. The Balaban J connectivity index is 1.95. The molecular formula is C25H26F3N3O5. The first-order valence-electron chi connectivity index (χ1n) is 11.3. The summed E-state index contributed by atoms with van der Waals surface area (Å²) in [6.07, 6.45) is -5.10. The molecule has 2 aromatic carbocycles. The fraction of sp³-hybridized carbons (Fsp3) is 0.360. The molecule has 2 atom stereocenters. The fourth-order valence-corrected chi connectivity index (χ4v) is 4.11. The second kappa shape index (κ2) is 11.2. The molecule has 8 nitrogen and oxygen atoms in total. The number of carbonyl (C=O) groups is 4. The molecule has 3 rings (SSSR count). The Morgan fingerprint density at radius 2 is 1.81 bits per heavy atom. The molecule has 1 aliphatic heterocycles. The summed E-state index contributed by atoms with van der Waals surface area (Å²) in [4.78, 5) is 51.9. The maximum absolute atomic E-state index is 13.8. The van der Waals surface area contributed by atoms with Gasteiger partial charge in [0.25, 0.3) is 5.91 Å². The van der Waals surface area contributed by atoms with E-state index in [0.29, 0.717) is 5.56 Å². The topological polar surface area (TPSA) is 105 Å². The number of methoxy groups -OCH3 is 1. The number of nitrogens with one attached hydrogen (secondary N) is 2. The molecule has 0 radical (unpaired) electrons. The summed E-state index contributed by atoms with van der Waals surface area (Å²) in [7, 11) is 1.16. The fourth-order valence-electron chi connectivity index (χ4n) is 4.11. The van der Waals surface area contributed by atoms with Crippen LogP contribution in [-0.2, 0) is 31.8 Å². The number of likely N-dealkylation sites (N-methyl/N-ethyl adjacent to an activating group) is 1. The normalized spacial score (nSPS) is 16.4. The number of ketones is 1. The zero-order valence-electron chi connectivity index (χ0n) is 19.7. The van der Waals surface area contributed by atoms with Gasteiger partial charge in [0.15, 0.2) is 0 Å². The van der Waals surface area contributed by atoms with Gasteiger partial charge in [-0.3, -0.25) is 24.1 Å². The summed E-state index contributed by atoms with van der Waals surface area (Å²) in [5, 5.41) is 4.89. The van der Waals surface area contributed by atoms with E-state index in [0.717, 1.165) is 24.1 Å². The molecule has 0 aromatic heterocycles. The van der Waals surface area contributed by atoms with Crippen LogP contribution in [0.2, 0.25) is 0 Å². The summed E-state index contributed by atoms with van der Waals surface area (Å²) in [5.41, 5.74) is -1.04. The molecule has 3 amide bonds. The van der Waals surface area contributed by atoms with Crippen LogP contribution < -0.4 is 20.3 Å². The van der Waals surface area contributed by atoms with E-state index in [2.05, 4.69) is 10.6 Å². The van der Waals surface area contributed by atoms with Gasteiger partial charge in [-0.1, -0.05) is 36.4 Å². The van der Waals surface area contributed by atoms with Crippen molar-refractivity contribution < 1.29 is 37.1 Å². The molecule has 1 heterocycles. The van der Waals surface area contributed by atoms with Crippen LogP contribution in [0.15, 0.2) is 48.5 Å². The summed E-state index contributed by atoms with van der Waals surface area (Å²) >= 11 is 0. The maximum atomic E-state index is 13.8. The van der Waals surface area contributed by atoms with Crippen molar-refractivity contribution in [2.45, 2.75) is 44.4 Å². The number of hydrogen-bond acceptors (Lipinski definition) is 5. The minimum Gasteiger partial charge on any atom is -0.495 e. The SMILES string of the molecule is CCNC(=O)C(=O)C(Cc1ccccc1)NC(=O)C1CCC(=O)N1c1c(OC)cccc1C(F)(F)F.